The minimum absolute atomic E-state index is 0.0324. The van der Waals surface area contributed by atoms with Gasteiger partial charge in [0.1, 0.15) is 5.60 Å². The van der Waals surface area contributed by atoms with Gasteiger partial charge in [-0.1, -0.05) is 0 Å². The molecule has 7 nitrogen and oxygen atoms in total. The molecule has 0 radical (unpaired) electrons. The zero-order chi connectivity index (χ0) is 18.0. The molecule has 0 N–H and O–H groups in total. The highest BCUT2D eigenvalue weighted by Crippen LogP contribution is 2.39. The van der Waals surface area contributed by atoms with E-state index in [1.54, 1.807) is 6.20 Å². The standard InChI is InChI=1S/C19H25N5O2/c1-14-5-8-20-18(21-14)25-9-6-16-7-10-26-19(11-16)12-24(13-19)17-4-3-15(2)22-23-17/h3-5,8,16H,6-7,9-13H2,1-2H3. The zero-order valence-corrected chi connectivity index (χ0v) is 15.4. The van der Waals surface area contributed by atoms with Gasteiger partial charge in [-0.3, -0.25) is 0 Å². The van der Waals surface area contributed by atoms with Crippen LogP contribution in [0.5, 0.6) is 6.01 Å². The first-order chi connectivity index (χ1) is 12.6. The minimum Gasteiger partial charge on any atom is -0.463 e. The van der Waals surface area contributed by atoms with Crippen molar-refractivity contribution in [3.8, 4) is 6.01 Å². The monoisotopic (exact) mass is 355 g/mol. The van der Waals surface area contributed by atoms with Crippen LogP contribution in [0.3, 0.4) is 0 Å². The number of hydrogen-bond donors (Lipinski definition) is 0. The summed E-state index contributed by atoms with van der Waals surface area (Å²) in [5, 5.41) is 8.42. The van der Waals surface area contributed by atoms with Crippen LogP contribution in [0.25, 0.3) is 0 Å². The number of nitrogens with zero attached hydrogens (tertiary/aromatic N) is 5. The number of hydrogen-bond acceptors (Lipinski definition) is 7. The number of aromatic nitrogens is 4. The summed E-state index contributed by atoms with van der Waals surface area (Å²) >= 11 is 0. The van der Waals surface area contributed by atoms with Gasteiger partial charge in [-0.05, 0) is 57.2 Å². The molecule has 2 fully saturated rings. The molecule has 0 amide bonds. The Labute approximate surface area is 153 Å². The van der Waals surface area contributed by atoms with Crippen LogP contribution in [-0.2, 0) is 4.74 Å². The molecule has 26 heavy (non-hydrogen) atoms. The van der Waals surface area contributed by atoms with Gasteiger partial charge in [0.05, 0.1) is 25.4 Å². The maximum Gasteiger partial charge on any atom is 0.316 e. The van der Waals surface area contributed by atoms with Crippen molar-refractivity contribution in [3.05, 3.63) is 35.8 Å². The first-order valence-corrected chi connectivity index (χ1v) is 9.24. The number of aryl methyl sites for hydroxylation is 2. The smallest absolute Gasteiger partial charge is 0.316 e. The van der Waals surface area contributed by atoms with Crippen molar-refractivity contribution >= 4 is 5.82 Å². The average molecular weight is 355 g/mol. The number of anilines is 1. The second kappa shape index (κ2) is 7.15. The lowest BCUT2D eigenvalue weighted by Gasteiger charge is -2.53. The third kappa shape index (κ3) is 3.77. The molecule has 1 atom stereocenters. The quantitative estimate of drug-likeness (QED) is 0.815. The molecule has 4 heterocycles. The highest BCUT2D eigenvalue weighted by molar-refractivity contribution is 5.43. The topological polar surface area (TPSA) is 73.3 Å². The van der Waals surface area contributed by atoms with Crippen molar-refractivity contribution in [1.82, 2.24) is 20.2 Å². The maximum absolute atomic E-state index is 6.13. The normalized spacial score (nSPS) is 21.5. The predicted molar refractivity (Wildman–Crippen MR) is 97.3 cm³/mol. The summed E-state index contributed by atoms with van der Waals surface area (Å²) in [5.41, 5.74) is 1.83. The average Bonchev–Trinajstić information content (AvgIpc) is 2.61. The summed E-state index contributed by atoms with van der Waals surface area (Å²) in [6, 6.07) is 6.38. The number of rotatable bonds is 5. The van der Waals surface area contributed by atoms with E-state index in [2.05, 4.69) is 25.1 Å². The van der Waals surface area contributed by atoms with E-state index in [1.807, 2.05) is 32.0 Å². The molecule has 0 bridgehead atoms. The highest BCUT2D eigenvalue weighted by atomic mass is 16.5. The zero-order valence-electron chi connectivity index (χ0n) is 15.4. The molecule has 0 aliphatic carbocycles. The van der Waals surface area contributed by atoms with E-state index in [9.17, 15) is 0 Å². The van der Waals surface area contributed by atoms with E-state index in [1.165, 1.54) is 0 Å². The van der Waals surface area contributed by atoms with E-state index in [0.29, 0.717) is 18.5 Å². The Hall–Kier alpha value is -2.28. The van der Waals surface area contributed by atoms with Gasteiger partial charge in [-0.25, -0.2) is 9.97 Å². The molecule has 2 saturated heterocycles. The van der Waals surface area contributed by atoms with Gasteiger partial charge in [-0.2, -0.15) is 5.10 Å². The molecule has 2 aliphatic heterocycles. The molecule has 1 unspecified atom stereocenters. The summed E-state index contributed by atoms with van der Waals surface area (Å²) in [6.45, 7) is 7.15. The molecule has 4 rings (SSSR count). The van der Waals surface area contributed by atoms with Crippen LogP contribution in [0.15, 0.2) is 24.4 Å². The second-order valence-corrected chi connectivity index (χ2v) is 7.40. The van der Waals surface area contributed by atoms with Crippen LogP contribution in [0, 0.1) is 19.8 Å². The fourth-order valence-corrected chi connectivity index (χ4v) is 3.78. The van der Waals surface area contributed by atoms with Gasteiger partial charge in [0, 0.05) is 18.5 Å². The predicted octanol–water partition coefficient (Wildman–Crippen LogP) is 2.34. The van der Waals surface area contributed by atoms with Crippen molar-refractivity contribution in [2.24, 2.45) is 5.92 Å². The van der Waals surface area contributed by atoms with E-state index >= 15 is 0 Å². The van der Waals surface area contributed by atoms with Gasteiger partial charge < -0.3 is 14.4 Å². The van der Waals surface area contributed by atoms with Gasteiger partial charge in [0.15, 0.2) is 5.82 Å². The Kier molecular flexibility index (Phi) is 4.72. The Balaban J connectivity index is 1.26. The van der Waals surface area contributed by atoms with Crippen LogP contribution in [0.4, 0.5) is 5.82 Å². The minimum atomic E-state index is -0.0324. The van der Waals surface area contributed by atoms with Crippen molar-refractivity contribution in [2.45, 2.75) is 38.7 Å². The van der Waals surface area contributed by atoms with E-state index < -0.39 is 0 Å². The van der Waals surface area contributed by atoms with Crippen LogP contribution in [0.1, 0.15) is 30.7 Å². The van der Waals surface area contributed by atoms with Crippen molar-refractivity contribution < 1.29 is 9.47 Å². The third-order valence-corrected chi connectivity index (χ3v) is 5.19. The van der Waals surface area contributed by atoms with Gasteiger partial charge >= 0.3 is 6.01 Å². The van der Waals surface area contributed by atoms with Crippen molar-refractivity contribution in [2.75, 3.05) is 31.2 Å². The molecule has 0 aromatic carbocycles. The molecular formula is C19H25N5O2. The fraction of sp³-hybridized carbons (Fsp3) is 0.579. The SMILES string of the molecule is Cc1ccc(N2CC3(CC(CCOc4nccc(C)n4)CCO3)C2)nn1. The second-order valence-electron chi connectivity index (χ2n) is 7.40. The fourth-order valence-electron chi connectivity index (χ4n) is 3.78. The molecule has 2 aromatic heterocycles. The summed E-state index contributed by atoms with van der Waals surface area (Å²) in [5.74, 6) is 1.55. The Morgan fingerprint density at radius 2 is 2.08 bits per heavy atom. The lowest BCUT2D eigenvalue weighted by Crippen LogP contribution is -2.65. The summed E-state index contributed by atoms with van der Waals surface area (Å²) in [4.78, 5) is 10.7. The molecule has 2 aliphatic rings. The molecule has 2 aromatic rings. The maximum atomic E-state index is 6.13. The molecule has 138 valence electrons. The summed E-state index contributed by atoms with van der Waals surface area (Å²) in [7, 11) is 0. The Morgan fingerprint density at radius 1 is 1.19 bits per heavy atom. The summed E-state index contributed by atoms with van der Waals surface area (Å²) < 4.78 is 11.9. The van der Waals surface area contributed by atoms with E-state index in [0.717, 1.165) is 56.2 Å². The molecule has 7 heteroatoms. The van der Waals surface area contributed by atoms with Crippen LogP contribution in [-0.4, -0.2) is 52.1 Å². The van der Waals surface area contributed by atoms with Crippen molar-refractivity contribution in [1.29, 1.82) is 0 Å². The largest absolute Gasteiger partial charge is 0.463 e. The van der Waals surface area contributed by atoms with Gasteiger partial charge in [0.25, 0.3) is 0 Å². The lowest BCUT2D eigenvalue weighted by atomic mass is 9.79. The van der Waals surface area contributed by atoms with Crippen molar-refractivity contribution in [3.63, 3.8) is 0 Å². The van der Waals surface area contributed by atoms with Crippen LogP contribution >= 0.6 is 0 Å². The van der Waals surface area contributed by atoms with E-state index in [-0.39, 0.29) is 5.60 Å². The van der Waals surface area contributed by atoms with Crippen LogP contribution < -0.4 is 9.64 Å². The Bertz CT molecular complexity index is 746. The van der Waals surface area contributed by atoms with Crippen LogP contribution in [0.2, 0.25) is 0 Å². The lowest BCUT2D eigenvalue weighted by molar-refractivity contribution is -0.115. The third-order valence-electron chi connectivity index (χ3n) is 5.19. The molecular weight excluding hydrogens is 330 g/mol. The van der Waals surface area contributed by atoms with E-state index in [4.69, 9.17) is 9.47 Å². The molecule has 1 spiro atoms. The highest BCUT2D eigenvalue weighted by Gasteiger charge is 2.48. The summed E-state index contributed by atoms with van der Waals surface area (Å²) in [6.07, 6.45) is 4.90. The van der Waals surface area contributed by atoms with Gasteiger partial charge in [-0.15, -0.1) is 5.10 Å². The first kappa shape index (κ1) is 17.1. The molecule has 0 saturated carbocycles. The Morgan fingerprint density at radius 3 is 2.85 bits per heavy atom. The van der Waals surface area contributed by atoms with Gasteiger partial charge in [0.2, 0.25) is 0 Å². The first-order valence-electron chi connectivity index (χ1n) is 9.24. The number of ether oxygens (including phenoxy) is 2.